The summed E-state index contributed by atoms with van der Waals surface area (Å²) in [5, 5.41) is 9.39. The second kappa shape index (κ2) is 6.61. The van der Waals surface area contributed by atoms with Gasteiger partial charge in [-0.05, 0) is 50.6 Å². The molecule has 3 heterocycles. The molecule has 1 aliphatic rings. The number of benzene rings is 1. The molecule has 0 spiro atoms. The van der Waals surface area contributed by atoms with Gasteiger partial charge < -0.3 is 4.52 Å². The summed E-state index contributed by atoms with van der Waals surface area (Å²) in [6.07, 6.45) is 1.08. The van der Waals surface area contributed by atoms with E-state index in [4.69, 9.17) is 16.1 Å². The molecule has 6 nitrogen and oxygen atoms in total. The van der Waals surface area contributed by atoms with Gasteiger partial charge in [0.15, 0.2) is 0 Å². The first-order valence-corrected chi connectivity index (χ1v) is 8.80. The van der Waals surface area contributed by atoms with Crippen LogP contribution in [0, 0.1) is 13.8 Å². The number of aryl methyl sites for hydroxylation is 2. The number of hydrogen-bond donors (Lipinski definition) is 0. The molecule has 0 bridgehead atoms. The zero-order chi connectivity index (χ0) is 17.4. The third kappa shape index (κ3) is 3.45. The van der Waals surface area contributed by atoms with Crippen LogP contribution in [0.2, 0.25) is 5.02 Å². The van der Waals surface area contributed by atoms with Gasteiger partial charge >= 0.3 is 0 Å². The third-order valence-electron chi connectivity index (χ3n) is 4.57. The van der Waals surface area contributed by atoms with E-state index in [0.29, 0.717) is 29.3 Å². The van der Waals surface area contributed by atoms with Crippen LogP contribution in [-0.4, -0.2) is 37.9 Å². The highest BCUT2D eigenvalue weighted by atomic mass is 35.5. The van der Waals surface area contributed by atoms with Crippen LogP contribution in [-0.2, 0) is 6.54 Å². The summed E-state index contributed by atoms with van der Waals surface area (Å²) < 4.78 is 7.56. The van der Waals surface area contributed by atoms with Gasteiger partial charge in [-0.25, -0.2) is 0 Å². The summed E-state index contributed by atoms with van der Waals surface area (Å²) in [6.45, 7) is 6.75. The molecule has 1 fully saturated rings. The maximum absolute atomic E-state index is 5.92. The van der Waals surface area contributed by atoms with Crippen LogP contribution in [0.1, 0.15) is 29.7 Å². The molecule has 7 heteroatoms. The highest BCUT2D eigenvalue weighted by molar-refractivity contribution is 6.30. The fourth-order valence-electron chi connectivity index (χ4n) is 3.40. The SMILES string of the molecule is Cc1cc(C)n([C@@H]2CCN(Cc3nc(-c4ccc(Cl)cc4)no3)C2)n1. The second-order valence-electron chi connectivity index (χ2n) is 6.57. The fourth-order valence-corrected chi connectivity index (χ4v) is 3.52. The summed E-state index contributed by atoms with van der Waals surface area (Å²) in [5.41, 5.74) is 3.19. The average Bonchev–Trinajstić information content (AvgIpc) is 3.29. The van der Waals surface area contributed by atoms with Crippen LogP contribution >= 0.6 is 11.6 Å². The molecule has 130 valence electrons. The molecular formula is C18H20ClN5O. The van der Waals surface area contributed by atoms with Gasteiger partial charge in [-0.3, -0.25) is 9.58 Å². The Bertz CT molecular complexity index is 870. The standard InChI is InChI=1S/C18H20ClN5O/c1-12-9-13(2)24(21-12)16-7-8-23(10-16)11-17-20-18(22-25-17)14-3-5-15(19)6-4-14/h3-6,9,16H,7-8,10-11H2,1-2H3/t16-/m1/s1. The van der Waals surface area contributed by atoms with Gasteiger partial charge in [0, 0.05) is 29.4 Å². The van der Waals surface area contributed by atoms with E-state index in [1.165, 1.54) is 5.69 Å². The summed E-state index contributed by atoms with van der Waals surface area (Å²) in [5.74, 6) is 1.24. The minimum atomic E-state index is 0.410. The molecule has 1 aliphatic heterocycles. The number of nitrogens with zero attached hydrogens (tertiary/aromatic N) is 5. The molecule has 3 aromatic rings. The molecule has 0 unspecified atom stereocenters. The van der Waals surface area contributed by atoms with Crippen LogP contribution in [0.25, 0.3) is 11.4 Å². The van der Waals surface area contributed by atoms with Gasteiger partial charge in [-0.15, -0.1) is 0 Å². The average molecular weight is 358 g/mol. The van der Waals surface area contributed by atoms with Crippen molar-refractivity contribution >= 4 is 11.6 Å². The lowest BCUT2D eigenvalue weighted by Gasteiger charge is -2.15. The highest BCUT2D eigenvalue weighted by Gasteiger charge is 2.26. The maximum Gasteiger partial charge on any atom is 0.241 e. The Labute approximate surface area is 151 Å². The van der Waals surface area contributed by atoms with Crippen molar-refractivity contribution in [3.05, 3.63) is 52.6 Å². The van der Waals surface area contributed by atoms with Crippen molar-refractivity contribution in [2.45, 2.75) is 32.9 Å². The van der Waals surface area contributed by atoms with Gasteiger partial charge in [-0.1, -0.05) is 16.8 Å². The Kier molecular flexibility index (Phi) is 4.31. The van der Waals surface area contributed by atoms with E-state index in [9.17, 15) is 0 Å². The van der Waals surface area contributed by atoms with E-state index in [-0.39, 0.29) is 0 Å². The van der Waals surface area contributed by atoms with E-state index < -0.39 is 0 Å². The number of hydrogen-bond acceptors (Lipinski definition) is 5. The summed E-state index contributed by atoms with van der Waals surface area (Å²) in [4.78, 5) is 6.84. The molecule has 1 saturated heterocycles. The van der Waals surface area contributed by atoms with E-state index in [1.807, 2.05) is 31.2 Å². The molecule has 0 N–H and O–H groups in total. The van der Waals surface area contributed by atoms with E-state index in [0.717, 1.165) is 30.8 Å². The quantitative estimate of drug-likeness (QED) is 0.713. The van der Waals surface area contributed by atoms with Crippen LogP contribution in [0.3, 0.4) is 0 Å². The van der Waals surface area contributed by atoms with Gasteiger partial charge in [0.2, 0.25) is 11.7 Å². The number of likely N-dealkylation sites (tertiary alicyclic amines) is 1. The number of halogens is 1. The summed E-state index contributed by atoms with van der Waals surface area (Å²) >= 11 is 5.92. The largest absolute Gasteiger partial charge is 0.338 e. The van der Waals surface area contributed by atoms with Gasteiger partial charge in [-0.2, -0.15) is 10.1 Å². The predicted octanol–water partition coefficient (Wildman–Crippen LogP) is 3.65. The Balaban J connectivity index is 1.42. The first-order chi connectivity index (χ1) is 12.1. The summed E-state index contributed by atoms with van der Waals surface area (Å²) in [6, 6.07) is 9.97. The zero-order valence-electron chi connectivity index (χ0n) is 14.3. The number of rotatable bonds is 4. The molecule has 0 amide bonds. The lowest BCUT2D eigenvalue weighted by molar-refractivity contribution is 0.258. The van der Waals surface area contributed by atoms with E-state index >= 15 is 0 Å². The monoisotopic (exact) mass is 357 g/mol. The highest BCUT2D eigenvalue weighted by Crippen LogP contribution is 2.25. The van der Waals surface area contributed by atoms with E-state index in [1.54, 1.807) is 0 Å². The first-order valence-electron chi connectivity index (χ1n) is 8.42. The van der Waals surface area contributed by atoms with Crippen molar-refractivity contribution < 1.29 is 4.52 Å². The number of aromatic nitrogens is 4. The third-order valence-corrected chi connectivity index (χ3v) is 4.82. The molecule has 0 saturated carbocycles. The lowest BCUT2D eigenvalue weighted by atomic mass is 10.2. The fraction of sp³-hybridized carbons (Fsp3) is 0.389. The van der Waals surface area contributed by atoms with Gasteiger partial charge in [0.05, 0.1) is 18.3 Å². The van der Waals surface area contributed by atoms with E-state index in [2.05, 4.69) is 37.8 Å². The van der Waals surface area contributed by atoms with Crippen molar-refractivity contribution in [2.24, 2.45) is 0 Å². The summed E-state index contributed by atoms with van der Waals surface area (Å²) in [7, 11) is 0. The van der Waals surface area contributed by atoms with Gasteiger partial charge in [0.25, 0.3) is 0 Å². The van der Waals surface area contributed by atoms with Crippen LogP contribution in [0.5, 0.6) is 0 Å². The normalized spacial score (nSPS) is 18.1. The molecule has 2 aromatic heterocycles. The lowest BCUT2D eigenvalue weighted by Crippen LogP contribution is -2.22. The smallest absolute Gasteiger partial charge is 0.241 e. The molecular weight excluding hydrogens is 338 g/mol. The van der Waals surface area contributed by atoms with Gasteiger partial charge in [0.1, 0.15) is 0 Å². The predicted molar refractivity (Wildman–Crippen MR) is 95.4 cm³/mol. The minimum absolute atomic E-state index is 0.410. The van der Waals surface area contributed by atoms with Crippen molar-refractivity contribution in [2.75, 3.05) is 13.1 Å². The Morgan fingerprint density at radius 3 is 2.76 bits per heavy atom. The Morgan fingerprint density at radius 1 is 1.24 bits per heavy atom. The maximum atomic E-state index is 5.92. The Hall–Kier alpha value is -2.18. The van der Waals surface area contributed by atoms with Crippen molar-refractivity contribution in [3.63, 3.8) is 0 Å². The molecule has 0 aliphatic carbocycles. The molecule has 4 rings (SSSR count). The topological polar surface area (TPSA) is 60.0 Å². The van der Waals surface area contributed by atoms with Crippen LogP contribution < -0.4 is 0 Å². The minimum Gasteiger partial charge on any atom is -0.338 e. The second-order valence-corrected chi connectivity index (χ2v) is 7.00. The molecule has 1 atom stereocenters. The first kappa shape index (κ1) is 16.3. The van der Waals surface area contributed by atoms with Crippen molar-refractivity contribution in [3.8, 4) is 11.4 Å². The van der Waals surface area contributed by atoms with Crippen LogP contribution in [0.4, 0.5) is 0 Å². The van der Waals surface area contributed by atoms with Crippen molar-refractivity contribution in [1.82, 2.24) is 24.8 Å². The Morgan fingerprint density at radius 2 is 2.04 bits per heavy atom. The molecule has 0 radical (unpaired) electrons. The van der Waals surface area contributed by atoms with Crippen molar-refractivity contribution in [1.29, 1.82) is 0 Å². The van der Waals surface area contributed by atoms with Crippen LogP contribution in [0.15, 0.2) is 34.9 Å². The molecule has 1 aromatic carbocycles. The zero-order valence-corrected chi connectivity index (χ0v) is 15.1. The molecule has 25 heavy (non-hydrogen) atoms.